The first-order valence-electron chi connectivity index (χ1n) is 9.79. The molecule has 0 aliphatic carbocycles. The third kappa shape index (κ3) is 4.81. The molecule has 2 aromatic carbocycles. The molecule has 1 fully saturated rings. The highest BCUT2D eigenvalue weighted by Crippen LogP contribution is 2.26. The average Bonchev–Trinajstić information content (AvgIpc) is 2.77. The molecule has 0 radical (unpaired) electrons. The van der Waals surface area contributed by atoms with Gasteiger partial charge in [-0.1, -0.05) is 60.7 Å². The fourth-order valence-corrected chi connectivity index (χ4v) is 3.21. The number of aromatic nitrogens is 2. The first-order chi connectivity index (χ1) is 14.7. The van der Waals surface area contributed by atoms with Gasteiger partial charge in [-0.3, -0.25) is 9.59 Å². The smallest absolute Gasteiger partial charge is 0.325 e. The van der Waals surface area contributed by atoms with E-state index in [-0.39, 0.29) is 25.0 Å². The highest BCUT2D eigenvalue weighted by molar-refractivity contribution is 5.85. The number of esters is 1. The van der Waals surface area contributed by atoms with Gasteiger partial charge in [0.25, 0.3) is 0 Å². The van der Waals surface area contributed by atoms with Crippen LogP contribution in [0.5, 0.6) is 0 Å². The molecule has 1 N–H and O–H groups in total. The summed E-state index contributed by atoms with van der Waals surface area (Å²) in [4.78, 5) is 34.8. The predicted molar refractivity (Wildman–Crippen MR) is 112 cm³/mol. The number of nitrogens with one attached hydrogen (secondary N) is 1. The number of hydrogen-bond donors (Lipinski definition) is 1. The van der Waals surface area contributed by atoms with Crippen molar-refractivity contribution in [1.82, 2.24) is 15.3 Å². The number of ether oxygens (including phenoxy) is 1. The van der Waals surface area contributed by atoms with Crippen LogP contribution < -0.4 is 10.2 Å². The van der Waals surface area contributed by atoms with Crippen molar-refractivity contribution >= 4 is 17.7 Å². The summed E-state index contributed by atoms with van der Waals surface area (Å²) in [6.07, 6.45) is 1.54. The normalized spacial score (nSPS) is 13.4. The van der Waals surface area contributed by atoms with E-state index in [0.29, 0.717) is 13.1 Å². The van der Waals surface area contributed by atoms with Crippen molar-refractivity contribution in [1.29, 1.82) is 0 Å². The van der Waals surface area contributed by atoms with Gasteiger partial charge in [0.15, 0.2) is 0 Å². The number of carbonyl (C=O) groups is 2. The van der Waals surface area contributed by atoms with Gasteiger partial charge in [-0.25, -0.2) is 9.97 Å². The molecule has 1 saturated heterocycles. The Balaban J connectivity index is 1.22. The Labute approximate surface area is 174 Å². The Hall–Kier alpha value is -3.74. The van der Waals surface area contributed by atoms with E-state index in [9.17, 15) is 9.59 Å². The highest BCUT2D eigenvalue weighted by atomic mass is 16.5. The zero-order valence-electron chi connectivity index (χ0n) is 16.4. The van der Waals surface area contributed by atoms with Crippen molar-refractivity contribution in [2.75, 3.05) is 24.5 Å². The van der Waals surface area contributed by atoms with E-state index < -0.39 is 5.97 Å². The van der Waals surface area contributed by atoms with Crippen molar-refractivity contribution in [3.05, 3.63) is 78.6 Å². The summed E-state index contributed by atoms with van der Waals surface area (Å²) in [5.74, 6) is 0.00386. The maximum atomic E-state index is 12.3. The first kappa shape index (κ1) is 19.6. The minimum Gasteiger partial charge on any atom is -0.460 e. The Morgan fingerprint density at radius 2 is 1.70 bits per heavy atom. The van der Waals surface area contributed by atoms with Gasteiger partial charge < -0.3 is 15.0 Å². The molecule has 7 heteroatoms. The van der Waals surface area contributed by atoms with E-state index in [1.807, 2.05) is 71.6 Å². The fourth-order valence-electron chi connectivity index (χ4n) is 3.21. The van der Waals surface area contributed by atoms with Crippen molar-refractivity contribution in [3.8, 4) is 11.3 Å². The zero-order valence-corrected chi connectivity index (χ0v) is 16.4. The van der Waals surface area contributed by atoms with E-state index in [0.717, 1.165) is 22.6 Å². The van der Waals surface area contributed by atoms with E-state index in [1.165, 1.54) is 6.33 Å². The number of nitrogens with zero attached hydrogens (tertiary/aromatic N) is 3. The van der Waals surface area contributed by atoms with Crippen LogP contribution in [0.2, 0.25) is 0 Å². The Morgan fingerprint density at radius 3 is 2.43 bits per heavy atom. The minimum atomic E-state index is -0.452. The van der Waals surface area contributed by atoms with Gasteiger partial charge in [-0.05, 0) is 5.56 Å². The molecular weight excluding hydrogens is 380 g/mol. The van der Waals surface area contributed by atoms with Gasteiger partial charge >= 0.3 is 5.97 Å². The molecule has 30 heavy (non-hydrogen) atoms. The van der Waals surface area contributed by atoms with Crippen LogP contribution in [0.1, 0.15) is 5.56 Å². The Kier molecular flexibility index (Phi) is 5.98. The molecule has 7 nitrogen and oxygen atoms in total. The predicted octanol–water partition coefficient (Wildman–Crippen LogP) is 2.44. The third-order valence-corrected chi connectivity index (χ3v) is 4.95. The van der Waals surface area contributed by atoms with E-state index in [2.05, 4.69) is 15.3 Å². The summed E-state index contributed by atoms with van der Waals surface area (Å²) in [5, 5.41) is 2.66. The fraction of sp³-hybridized carbons (Fsp3) is 0.217. The van der Waals surface area contributed by atoms with Crippen LogP contribution in [0.3, 0.4) is 0 Å². The number of carbonyl (C=O) groups excluding carboxylic acids is 2. The van der Waals surface area contributed by atoms with Gasteiger partial charge in [0.05, 0.1) is 11.6 Å². The second kappa shape index (κ2) is 9.17. The first-order valence-corrected chi connectivity index (χ1v) is 9.79. The molecular formula is C23H22N4O3. The largest absolute Gasteiger partial charge is 0.460 e. The average molecular weight is 402 g/mol. The Morgan fingerprint density at radius 1 is 1.00 bits per heavy atom. The summed E-state index contributed by atoms with van der Waals surface area (Å²) in [6.45, 7) is 1.17. The molecule has 2 heterocycles. The lowest BCUT2D eigenvalue weighted by Gasteiger charge is -2.39. The van der Waals surface area contributed by atoms with E-state index >= 15 is 0 Å². The lowest BCUT2D eigenvalue weighted by atomic mass is 9.99. The Bertz CT molecular complexity index is 1010. The quantitative estimate of drug-likeness (QED) is 0.611. The summed E-state index contributed by atoms with van der Waals surface area (Å²) in [5.41, 5.74) is 2.77. The molecule has 0 bridgehead atoms. The van der Waals surface area contributed by atoms with Crippen LogP contribution >= 0.6 is 0 Å². The standard InChI is InChI=1S/C23H22N4O3/c28-22(30-15-17-7-3-1-4-8-17)12-24-23(29)19-13-27(14-19)21-11-20(25-16-26-21)18-9-5-2-6-10-18/h1-11,16,19H,12-15H2,(H,24,29). The molecule has 0 spiro atoms. The van der Waals surface area contributed by atoms with Crippen molar-refractivity contribution in [2.45, 2.75) is 6.61 Å². The van der Waals surface area contributed by atoms with Crippen LogP contribution in [0, 0.1) is 5.92 Å². The van der Waals surface area contributed by atoms with Crippen molar-refractivity contribution in [3.63, 3.8) is 0 Å². The van der Waals surface area contributed by atoms with Gasteiger partial charge in [0, 0.05) is 24.7 Å². The van der Waals surface area contributed by atoms with Crippen LogP contribution in [0.25, 0.3) is 11.3 Å². The van der Waals surface area contributed by atoms with Crippen LogP contribution in [-0.2, 0) is 20.9 Å². The monoisotopic (exact) mass is 402 g/mol. The summed E-state index contributed by atoms with van der Waals surface area (Å²) in [7, 11) is 0. The highest BCUT2D eigenvalue weighted by Gasteiger charge is 2.33. The number of hydrogen-bond acceptors (Lipinski definition) is 6. The molecule has 1 amide bonds. The van der Waals surface area contributed by atoms with Crippen molar-refractivity contribution in [2.24, 2.45) is 5.92 Å². The van der Waals surface area contributed by atoms with Gasteiger partial charge in [-0.2, -0.15) is 0 Å². The van der Waals surface area contributed by atoms with Crippen LogP contribution in [0.15, 0.2) is 73.1 Å². The molecule has 4 rings (SSSR count). The molecule has 0 saturated carbocycles. The van der Waals surface area contributed by atoms with Gasteiger partial charge in [0.2, 0.25) is 5.91 Å². The lowest BCUT2D eigenvalue weighted by molar-refractivity contribution is -0.145. The minimum absolute atomic E-state index is 0.131. The van der Waals surface area contributed by atoms with E-state index in [1.54, 1.807) is 0 Å². The summed E-state index contributed by atoms with van der Waals surface area (Å²) >= 11 is 0. The maximum Gasteiger partial charge on any atom is 0.325 e. The van der Waals surface area contributed by atoms with Crippen LogP contribution in [0.4, 0.5) is 5.82 Å². The maximum absolute atomic E-state index is 12.3. The molecule has 3 aromatic rings. The third-order valence-electron chi connectivity index (χ3n) is 4.95. The van der Waals surface area contributed by atoms with Crippen molar-refractivity contribution < 1.29 is 14.3 Å². The number of amides is 1. The zero-order chi connectivity index (χ0) is 20.8. The SMILES string of the molecule is O=C(CNC(=O)C1CN(c2cc(-c3ccccc3)ncn2)C1)OCc1ccccc1. The molecule has 152 valence electrons. The number of benzene rings is 2. The number of rotatable bonds is 7. The second-order valence-corrected chi connectivity index (χ2v) is 7.09. The van der Waals surface area contributed by atoms with E-state index in [4.69, 9.17) is 4.74 Å². The molecule has 1 aliphatic rings. The molecule has 0 unspecified atom stereocenters. The topological polar surface area (TPSA) is 84.4 Å². The second-order valence-electron chi connectivity index (χ2n) is 7.09. The number of anilines is 1. The molecule has 0 atom stereocenters. The van der Waals surface area contributed by atoms with Crippen LogP contribution in [-0.4, -0.2) is 41.5 Å². The lowest BCUT2D eigenvalue weighted by Crippen LogP contribution is -2.54. The molecule has 1 aromatic heterocycles. The van der Waals surface area contributed by atoms with Gasteiger partial charge in [-0.15, -0.1) is 0 Å². The summed E-state index contributed by atoms with van der Waals surface area (Å²) in [6, 6.07) is 21.2. The summed E-state index contributed by atoms with van der Waals surface area (Å²) < 4.78 is 5.17. The molecule has 1 aliphatic heterocycles. The van der Waals surface area contributed by atoms with Gasteiger partial charge in [0.1, 0.15) is 25.3 Å².